The summed E-state index contributed by atoms with van der Waals surface area (Å²) >= 11 is 0. The molecule has 114 valence electrons. The van der Waals surface area contributed by atoms with Crippen LogP contribution in [-0.4, -0.2) is 11.1 Å². The summed E-state index contributed by atoms with van der Waals surface area (Å²) in [6.07, 6.45) is 12.0. The van der Waals surface area contributed by atoms with Crippen LogP contribution in [0.2, 0.25) is 0 Å². The number of allylic oxidation sites excluding steroid dienone is 6. The quantitative estimate of drug-likeness (QED) is 0.349. The van der Waals surface area contributed by atoms with Gasteiger partial charge in [0.1, 0.15) is 0 Å². The standard InChI is InChI=1S/C18H30O2/c1-2-3-4-5-6-7-8-9-10-11-12-13-14-15-16-17-18(19)20/h3-4,6-7,9-10H,2,5,8,11-17H2,1H3,(H,19,20)/i5D2,8D2. The Bertz CT molecular complexity index is 440. The van der Waals surface area contributed by atoms with Crippen LogP contribution >= 0.6 is 0 Å². The van der Waals surface area contributed by atoms with Gasteiger partial charge in [0.25, 0.3) is 0 Å². The minimum absolute atomic E-state index is 0.230. The van der Waals surface area contributed by atoms with Gasteiger partial charge in [-0.15, -0.1) is 0 Å². The number of rotatable bonds is 13. The van der Waals surface area contributed by atoms with E-state index in [0.717, 1.165) is 38.5 Å². The second kappa shape index (κ2) is 15.7. The van der Waals surface area contributed by atoms with Crippen molar-refractivity contribution >= 4 is 5.97 Å². The van der Waals surface area contributed by atoms with Gasteiger partial charge >= 0.3 is 5.97 Å². The molecule has 0 radical (unpaired) electrons. The maximum atomic E-state index is 10.4. The Labute approximate surface area is 129 Å². The van der Waals surface area contributed by atoms with Crippen LogP contribution in [0.4, 0.5) is 0 Å². The molecule has 0 atom stereocenters. The zero-order chi connectivity index (χ0) is 18.5. The summed E-state index contributed by atoms with van der Waals surface area (Å²) in [6, 6.07) is 0. The zero-order valence-corrected chi connectivity index (χ0v) is 12.5. The maximum Gasteiger partial charge on any atom is 0.303 e. The van der Waals surface area contributed by atoms with E-state index in [1.807, 2.05) is 6.92 Å². The largest absolute Gasteiger partial charge is 0.481 e. The Morgan fingerprint density at radius 2 is 1.45 bits per heavy atom. The van der Waals surface area contributed by atoms with Crippen LogP contribution in [-0.2, 0) is 4.79 Å². The normalized spacial score (nSPS) is 16.4. The van der Waals surface area contributed by atoms with Crippen LogP contribution in [0.3, 0.4) is 0 Å². The molecule has 0 aromatic rings. The fourth-order valence-corrected chi connectivity index (χ4v) is 1.61. The van der Waals surface area contributed by atoms with Crippen molar-refractivity contribution in [3.63, 3.8) is 0 Å². The minimum atomic E-state index is -1.66. The summed E-state index contributed by atoms with van der Waals surface area (Å²) in [5.74, 6) is -0.747. The van der Waals surface area contributed by atoms with E-state index in [1.54, 1.807) is 12.2 Å². The highest BCUT2D eigenvalue weighted by atomic mass is 16.4. The van der Waals surface area contributed by atoms with Gasteiger partial charge in [0, 0.05) is 11.9 Å². The van der Waals surface area contributed by atoms with Crippen LogP contribution in [0.25, 0.3) is 0 Å². The SMILES string of the molecule is [2H]C([2H])(C=CCC)C=CC([2H])([2H])C=CCCCCCCCC(=O)O. The molecule has 1 N–H and O–H groups in total. The predicted molar refractivity (Wildman–Crippen MR) is 86.9 cm³/mol. The van der Waals surface area contributed by atoms with Gasteiger partial charge in [-0.2, -0.15) is 0 Å². The van der Waals surface area contributed by atoms with E-state index in [9.17, 15) is 4.79 Å². The van der Waals surface area contributed by atoms with E-state index >= 15 is 0 Å². The van der Waals surface area contributed by atoms with Gasteiger partial charge in [-0.25, -0.2) is 0 Å². The van der Waals surface area contributed by atoms with Gasteiger partial charge in [-0.05, 0) is 38.4 Å². The van der Waals surface area contributed by atoms with E-state index in [1.165, 1.54) is 24.3 Å². The molecule has 0 aromatic carbocycles. The Hall–Kier alpha value is -1.31. The van der Waals surface area contributed by atoms with E-state index in [2.05, 4.69) is 0 Å². The van der Waals surface area contributed by atoms with Gasteiger partial charge in [0.05, 0.1) is 0 Å². The van der Waals surface area contributed by atoms with Crippen LogP contribution in [0.15, 0.2) is 36.5 Å². The van der Waals surface area contributed by atoms with Crippen molar-refractivity contribution < 1.29 is 15.4 Å². The molecule has 0 saturated carbocycles. The third kappa shape index (κ3) is 16.7. The topological polar surface area (TPSA) is 37.3 Å². The lowest BCUT2D eigenvalue weighted by atomic mass is 10.1. The fraction of sp³-hybridized carbons (Fsp3) is 0.611. The van der Waals surface area contributed by atoms with Crippen LogP contribution in [0, 0.1) is 0 Å². The smallest absolute Gasteiger partial charge is 0.303 e. The van der Waals surface area contributed by atoms with Crippen LogP contribution in [0.5, 0.6) is 0 Å². The highest BCUT2D eigenvalue weighted by Crippen LogP contribution is 2.07. The summed E-state index contributed by atoms with van der Waals surface area (Å²) in [6.45, 7) is 1.92. The summed E-state index contributed by atoms with van der Waals surface area (Å²) in [7, 11) is 0. The third-order valence-corrected chi connectivity index (χ3v) is 2.70. The Balaban J connectivity index is 4.02. The molecule has 0 amide bonds. The molecule has 0 heterocycles. The highest BCUT2D eigenvalue weighted by Gasteiger charge is 1.95. The molecule has 0 rings (SSSR count). The van der Waals surface area contributed by atoms with Gasteiger partial charge in [0.2, 0.25) is 0 Å². The second-order valence-electron chi connectivity index (χ2n) is 4.58. The first-order chi connectivity index (χ1) is 11.2. The molecule has 2 heteroatoms. The van der Waals surface area contributed by atoms with E-state index in [-0.39, 0.29) is 6.42 Å². The summed E-state index contributed by atoms with van der Waals surface area (Å²) < 4.78 is 31.1. The number of carboxylic acids is 1. The Morgan fingerprint density at radius 1 is 0.900 bits per heavy atom. The number of carboxylic acid groups (broad SMARTS) is 1. The van der Waals surface area contributed by atoms with Crippen molar-refractivity contribution in [2.45, 2.75) is 71.0 Å². The van der Waals surface area contributed by atoms with E-state index in [0.29, 0.717) is 6.42 Å². The molecule has 0 bridgehead atoms. The summed E-state index contributed by atoms with van der Waals surface area (Å²) in [5.41, 5.74) is 0. The second-order valence-corrected chi connectivity index (χ2v) is 4.58. The van der Waals surface area contributed by atoms with E-state index in [4.69, 9.17) is 10.6 Å². The lowest BCUT2D eigenvalue weighted by Crippen LogP contribution is -1.93. The number of unbranched alkanes of at least 4 members (excludes halogenated alkanes) is 5. The third-order valence-electron chi connectivity index (χ3n) is 2.70. The monoisotopic (exact) mass is 282 g/mol. The molecule has 0 spiro atoms. The average molecular weight is 282 g/mol. The van der Waals surface area contributed by atoms with Crippen molar-refractivity contribution in [2.75, 3.05) is 0 Å². The molecule has 0 aliphatic carbocycles. The van der Waals surface area contributed by atoms with Gasteiger partial charge in [0.15, 0.2) is 0 Å². The molecule has 0 unspecified atom stereocenters. The number of hydrogen-bond donors (Lipinski definition) is 1. The molecular formula is C18H30O2. The molecule has 0 saturated heterocycles. The van der Waals surface area contributed by atoms with Crippen molar-refractivity contribution in [1.29, 1.82) is 0 Å². The Morgan fingerprint density at radius 3 is 2.10 bits per heavy atom. The average Bonchev–Trinajstić information content (AvgIpc) is 2.49. The van der Waals surface area contributed by atoms with Crippen molar-refractivity contribution in [3.05, 3.63) is 36.5 Å². The number of hydrogen-bond acceptors (Lipinski definition) is 1. The molecule has 0 fully saturated rings. The highest BCUT2D eigenvalue weighted by molar-refractivity contribution is 5.66. The van der Waals surface area contributed by atoms with Gasteiger partial charge < -0.3 is 5.11 Å². The van der Waals surface area contributed by atoms with Crippen molar-refractivity contribution in [1.82, 2.24) is 0 Å². The van der Waals surface area contributed by atoms with Gasteiger partial charge in [-0.3, -0.25) is 4.79 Å². The molecular weight excluding hydrogens is 248 g/mol. The first-order valence-electron chi connectivity index (χ1n) is 9.46. The molecule has 2 nitrogen and oxygen atoms in total. The maximum absolute atomic E-state index is 10.4. The molecule has 0 aliphatic heterocycles. The number of aliphatic carboxylic acids is 1. The lowest BCUT2D eigenvalue weighted by Gasteiger charge is -1.98. The molecule has 20 heavy (non-hydrogen) atoms. The predicted octanol–water partition coefficient (Wildman–Crippen LogP) is 5.66. The first kappa shape index (κ1) is 12.4. The first-order valence-corrected chi connectivity index (χ1v) is 7.46. The van der Waals surface area contributed by atoms with Crippen molar-refractivity contribution in [3.8, 4) is 0 Å². The fourth-order valence-electron chi connectivity index (χ4n) is 1.61. The molecule has 0 aliphatic rings. The van der Waals surface area contributed by atoms with Crippen LogP contribution < -0.4 is 0 Å². The van der Waals surface area contributed by atoms with E-state index < -0.39 is 18.7 Å². The molecule has 0 aromatic heterocycles. The van der Waals surface area contributed by atoms with Gasteiger partial charge in [-0.1, -0.05) is 62.6 Å². The lowest BCUT2D eigenvalue weighted by molar-refractivity contribution is -0.137. The minimum Gasteiger partial charge on any atom is -0.481 e. The summed E-state index contributed by atoms with van der Waals surface area (Å²) in [5, 5.41) is 8.52. The Kier molecular flexibility index (Phi) is 9.79. The number of carbonyl (C=O) groups is 1. The van der Waals surface area contributed by atoms with Crippen molar-refractivity contribution in [2.24, 2.45) is 0 Å². The summed E-state index contributed by atoms with van der Waals surface area (Å²) in [4.78, 5) is 10.4. The van der Waals surface area contributed by atoms with Crippen LogP contribution in [0.1, 0.15) is 76.5 Å². The zero-order valence-electron chi connectivity index (χ0n) is 16.5.